The number of nitrogens with zero attached hydrogens (tertiary/aromatic N) is 2. The molecule has 2 aromatic carbocycles. The molecule has 0 unspecified atom stereocenters. The van der Waals surface area contributed by atoms with E-state index in [1.165, 1.54) is 6.07 Å². The molecule has 0 spiro atoms. The topological polar surface area (TPSA) is 80.1 Å². The lowest BCUT2D eigenvalue weighted by molar-refractivity contribution is -0.154. The number of aromatic amines is 1. The predicted molar refractivity (Wildman–Crippen MR) is 123 cm³/mol. The molecule has 176 valence electrons. The Morgan fingerprint density at radius 1 is 1.15 bits per heavy atom. The summed E-state index contributed by atoms with van der Waals surface area (Å²) < 4.78 is 35.9. The molecule has 1 aliphatic heterocycles. The molecule has 1 aliphatic carbocycles. The zero-order valence-electron chi connectivity index (χ0n) is 18.8. The quantitative estimate of drug-likeness (QED) is 0.408. The van der Waals surface area contributed by atoms with Gasteiger partial charge < -0.3 is 14.4 Å². The Hall–Kier alpha value is -3.26. The fourth-order valence-corrected chi connectivity index (χ4v) is 5.88. The van der Waals surface area contributed by atoms with Crippen molar-refractivity contribution in [3.05, 3.63) is 59.4 Å². The van der Waals surface area contributed by atoms with Crippen LogP contribution in [0.3, 0.4) is 0 Å². The Bertz CT molecular complexity index is 1430. The number of rotatable bonds is 4. The first-order valence-electron chi connectivity index (χ1n) is 11.6. The molecule has 2 aliphatic rings. The van der Waals surface area contributed by atoms with Crippen LogP contribution in [0.4, 0.5) is 8.78 Å². The lowest BCUT2D eigenvalue weighted by atomic mass is 9.60. The van der Waals surface area contributed by atoms with Gasteiger partial charge in [-0.25, -0.2) is 8.78 Å². The van der Waals surface area contributed by atoms with Gasteiger partial charge >= 0.3 is 5.97 Å². The summed E-state index contributed by atoms with van der Waals surface area (Å²) in [5, 5.41) is 18.8. The molecule has 4 aromatic rings. The molecule has 1 saturated heterocycles. The van der Waals surface area contributed by atoms with E-state index < -0.39 is 23.0 Å². The van der Waals surface area contributed by atoms with Crippen LogP contribution in [0.1, 0.15) is 55.7 Å². The summed E-state index contributed by atoms with van der Waals surface area (Å²) in [6.07, 6.45) is 4.45. The Kier molecular flexibility index (Phi) is 4.78. The van der Waals surface area contributed by atoms with Gasteiger partial charge in [-0.1, -0.05) is 0 Å². The van der Waals surface area contributed by atoms with Gasteiger partial charge in [-0.05, 0) is 68.4 Å². The zero-order valence-corrected chi connectivity index (χ0v) is 18.8. The second-order valence-corrected chi connectivity index (χ2v) is 9.92. The summed E-state index contributed by atoms with van der Waals surface area (Å²) in [5.41, 5.74) is 3.74. The lowest BCUT2D eigenvalue weighted by Gasteiger charge is -2.43. The van der Waals surface area contributed by atoms with Gasteiger partial charge in [0.2, 0.25) is 0 Å². The smallest absolute Gasteiger partial charge is 0.309 e. The van der Waals surface area contributed by atoms with E-state index >= 15 is 0 Å². The van der Waals surface area contributed by atoms with Crippen molar-refractivity contribution in [3.8, 4) is 5.69 Å². The first-order valence-corrected chi connectivity index (χ1v) is 11.6. The van der Waals surface area contributed by atoms with Crippen LogP contribution < -0.4 is 0 Å². The number of aliphatic carboxylic acids is 1. The van der Waals surface area contributed by atoms with Gasteiger partial charge in [0.25, 0.3) is 0 Å². The zero-order chi connectivity index (χ0) is 23.6. The summed E-state index contributed by atoms with van der Waals surface area (Å²) in [6, 6.07) is 8.08. The molecule has 2 aromatic heterocycles. The van der Waals surface area contributed by atoms with Gasteiger partial charge in [-0.15, -0.1) is 0 Å². The number of benzene rings is 2. The standard InChI is InChI=1S/C26H25F2N3O3/c1-26(25(32)33)11-16(12-26)23-18-10-21-15(13-29-30-21)8-22(18)31(17-2-3-19(27)20(28)9-17)24(23)14-4-6-34-7-5-14/h2-3,8-10,13-14,16H,4-7,11-12H2,1H3,(H,29,30)(H,32,33). The van der Waals surface area contributed by atoms with Crippen LogP contribution in [0.2, 0.25) is 0 Å². The number of halogens is 2. The average molecular weight is 466 g/mol. The van der Waals surface area contributed by atoms with E-state index in [4.69, 9.17) is 4.74 Å². The summed E-state index contributed by atoms with van der Waals surface area (Å²) >= 11 is 0. The van der Waals surface area contributed by atoms with E-state index in [1.54, 1.807) is 19.2 Å². The van der Waals surface area contributed by atoms with Crippen molar-refractivity contribution in [2.45, 2.75) is 44.4 Å². The third-order valence-electron chi connectivity index (χ3n) is 7.69. The Morgan fingerprint density at radius 2 is 1.91 bits per heavy atom. The number of fused-ring (bicyclic) bond motifs is 2. The summed E-state index contributed by atoms with van der Waals surface area (Å²) in [7, 11) is 0. The number of H-pyrrole nitrogens is 1. The SMILES string of the molecule is CC1(C(=O)O)CC(c2c(C3CCOCC3)n(-c3ccc(F)c(F)c3)c3cc4cn[nH]c4cc23)C1. The van der Waals surface area contributed by atoms with Crippen molar-refractivity contribution >= 4 is 27.8 Å². The Morgan fingerprint density at radius 3 is 2.62 bits per heavy atom. The molecule has 34 heavy (non-hydrogen) atoms. The minimum Gasteiger partial charge on any atom is -0.481 e. The largest absolute Gasteiger partial charge is 0.481 e. The Balaban J connectivity index is 1.65. The van der Waals surface area contributed by atoms with Gasteiger partial charge in [0.15, 0.2) is 11.6 Å². The minimum absolute atomic E-state index is 0.0633. The molecule has 0 amide bonds. The molecule has 2 fully saturated rings. The van der Waals surface area contributed by atoms with Crippen LogP contribution in [0.5, 0.6) is 0 Å². The molecule has 6 nitrogen and oxygen atoms in total. The van der Waals surface area contributed by atoms with Gasteiger partial charge in [0.05, 0.1) is 22.6 Å². The summed E-state index contributed by atoms with van der Waals surface area (Å²) in [5.74, 6) is -2.34. The molecule has 0 atom stereocenters. The van der Waals surface area contributed by atoms with E-state index in [1.807, 2.05) is 10.6 Å². The van der Waals surface area contributed by atoms with Gasteiger partial charge in [0.1, 0.15) is 0 Å². The second-order valence-electron chi connectivity index (χ2n) is 9.92. The van der Waals surface area contributed by atoms with Crippen molar-refractivity contribution in [2.75, 3.05) is 13.2 Å². The van der Waals surface area contributed by atoms with Crippen molar-refractivity contribution in [3.63, 3.8) is 0 Å². The number of nitrogens with one attached hydrogen (secondary N) is 1. The van der Waals surface area contributed by atoms with E-state index in [-0.39, 0.29) is 11.8 Å². The highest BCUT2D eigenvalue weighted by Crippen LogP contribution is 2.55. The van der Waals surface area contributed by atoms with Crippen LogP contribution in [0.15, 0.2) is 36.5 Å². The lowest BCUT2D eigenvalue weighted by Crippen LogP contribution is -2.40. The second kappa shape index (κ2) is 7.63. The van der Waals surface area contributed by atoms with Crippen LogP contribution >= 0.6 is 0 Å². The van der Waals surface area contributed by atoms with Gasteiger partial charge in [-0.3, -0.25) is 9.89 Å². The molecule has 0 radical (unpaired) electrons. The van der Waals surface area contributed by atoms with Crippen molar-refractivity contribution < 1.29 is 23.4 Å². The van der Waals surface area contributed by atoms with Crippen LogP contribution in [0, 0.1) is 17.0 Å². The number of hydrogen-bond donors (Lipinski definition) is 2. The summed E-state index contributed by atoms with van der Waals surface area (Å²) in [6.45, 7) is 3.05. The minimum atomic E-state index is -0.898. The van der Waals surface area contributed by atoms with Crippen LogP contribution in [-0.4, -0.2) is 39.1 Å². The molecule has 6 rings (SSSR count). The molecule has 1 saturated carbocycles. The number of ether oxygens (including phenoxy) is 1. The molecular weight excluding hydrogens is 440 g/mol. The first-order chi connectivity index (χ1) is 16.4. The highest BCUT2D eigenvalue weighted by molar-refractivity contribution is 5.99. The maximum absolute atomic E-state index is 14.4. The van der Waals surface area contributed by atoms with Crippen LogP contribution in [0.25, 0.3) is 27.5 Å². The third-order valence-corrected chi connectivity index (χ3v) is 7.69. The number of carboxylic acid groups (broad SMARTS) is 1. The van der Waals surface area contributed by atoms with Gasteiger partial charge in [-0.2, -0.15) is 5.10 Å². The van der Waals surface area contributed by atoms with Gasteiger partial charge in [0, 0.05) is 47.4 Å². The maximum atomic E-state index is 14.4. The molecule has 0 bridgehead atoms. The Labute approximate surface area is 194 Å². The van der Waals surface area contributed by atoms with E-state index in [0.717, 1.165) is 52.0 Å². The normalized spacial score (nSPS) is 23.4. The number of aromatic nitrogens is 3. The van der Waals surface area contributed by atoms with Crippen LogP contribution in [-0.2, 0) is 9.53 Å². The highest BCUT2D eigenvalue weighted by atomic mass is 19.2. The van der Waals surface area contributed by atoms with Crippen molar-refractivity contribution in [1.82, 2.24) is 14.8 Å². The molecule has 8 heteroatoms. The van der Waals surface area contributed by atoms with E-state index in [9.17, 15) is 18.7 Å². The van der Waals surface area contributed by atoms with E-state index in [0.29, 0.717) is 31.7 Å². The van der Waals surface area contributed by atoms with E-state index in [2.05, 4.69) is 16.3 Å². The maximum Gasteiger partial charge on any atom is 0.309 e. The van der Waals surface area contributed by atoms with Crippen molar-refractivity contribution in [1.29, 1.82) is 0 Å². The van der Waals surface area contributed by atoms with Crippen molar-refractivity contribution in [2.24, 2.45) is 5.41 Å². The highest BCUT2D eigenvalue weighted by Gasteiger charge is 2.49. The number of hydrogen-bond acceptors (Lipinski definition) is 3. The predicted octanol–water partition coefficient (Wildman–Crippen LogP) is 5.65. The molecule has 2 N–H and O–H groups in total. The number of carbonyl (C=O) groups is 1. The number of carboxylic acids is 1. The fraction of sp³-hybridized carbons (Fsp3) is 0.385. The monoisotopic (exact) mass is 465 g/mol. The summed E-state index contributed by atoms with van der Waals surface area (Å²) in [4.78, 5) is 11.9. The molecular formula is C26H25F2N3O3. The third kappa shape index (κ3) is 3.15. The average Bonchev–Trinajstić information content (AvgIpc) is 3.39. The fourth-order valence-electron chi connectivity index (χ4n) is 5.88. The first kappa shape index (κ1) is 21.3. The molecule has 3 heterocycles.